The molecule has 1 aromatic heterocycles. The number of pyridine rings is 1. The Kier molecular flexibility index (Phi) is 3.56. The largest absolute Gasteiger partial charge is 0.458 e. The van der Waals surface area contributed by atoms with E-state index < -0.39 is 0 Å². The molecule has 0 atom stereocenters. The molecule has 4 heteroatoms. The van der Waals surface area contributed by atoms with Crippen molar-refractivity contribution in [1.82, 2.24) is 4.98 Å². The molecule has 2 aliphatic rings. The summed E-state index contributed by atoms with van der Waals surface area (Å²) in [4.78, 5) is 4.55. The van der Waals surface area contributed by atoms with Crippen LogP contribution in [0.5, 0.6) is 23.0 Å². The van der Waals surface area contributed by atoms with Crippen molar-refractivity contribution >= 4 is 33.9 Å². The highest BCUT2D eigenvalue weighted by molar-refractivity contribution is 6.98. The van der Waals surface area contributed by atoms with Crippen LogP contribution in [0.3, 0.4) is 0 Å². The summed E-state index contributed by atoms with van der Waals surface area (Å²) in [5, 5.41) is 2.30. The summed E-state index contributed by atoms with van der Waals surface area (Å²) in [6, 6.07) is 29.4. The molecule has 0 saturated heterocycles. The molecule has 0 fully saturated rings. The topological polar surface area (TPSA) is 31.4 Å². The average Bonchev–Trinajstić information content (AvgIpc) is 2.84. The summed E-state index contributed by atoms with van der Waals surface area (Å²) in [7, 11) is 0. The molecule has 7 rings (SSSR count). The predicted octanol–water partition coefficient (Wildman–Crippen LogP) is 4.94. The van der Waals surface area contributed by atoms with Crippen molar-refractivity contribution in [2.45, 2.75) is 6.92 Å². The van der Waals surface area contributed by atoms with Crippen molar-refractivity contribution in [1.29, 1.82) is 0 Å². The van der Waals surface area contributed by atoms with E-state index in [9.17, 15) is 0 Å². The van der Waals surface area contributed by atoms with Gasteiger partial charge in [-0.15, -0.1) is 0 Å². The molecule has 0 amide bonds. The first-order valence-corrected chi connectivity index (χ1v) is 10.8. The van der Waals surface area contributed by atoms with Gasteiger partial charge in [0, 0.05) is 22.6 Å². The molecule has 2 aliphatic heterocycles. The van der Waals surface area contributed by atoms with Crippen LogP contribution >= 0.6 is 0 Å². The minimum absolute atomic E-state index is 0.0653. The normalized spacial score (nSPS) is 13.0. The van der Waals surface area contributed by atoms with E-state index in [0.29, 0.717) is 0 Å². The zero-order chi connectivity index (χ0) is 21.2. The number of aryl methyl sites for hydroxylation is 1. The minimum atomic E-state index is 0.0653. The lowest BCUT2D eigenvalue weighted by Gasteiger charge is -2.34. The first-order chi connectivity index (χ1) is 15.8. The molecule has 0 N–H and O–H groups in total. The van der Waals surface area contributed by atoms with Crippen molar-refractivity contribution < 1.29 is 9.47 Å². The maximum absolute atomic E-state index is 6.63. The molecule has 0 radical (unpaired) electrons. The van der Waals surface area contributed by atoms with Crippen LogP contribution in [0.1, 0.15) is 5.56 Å². The van der Waals surface area contributed by atoms with Crippen molar-refractivity contribution in [3.8, 4) is 34.3 Å². The number of aromatic nitrogens is 1. The molecular weight excluding hydrogens is 393 g/mol. The van der Waals surface area contributed by atoms with Crippen molar-refractivity contribution in [2.24, 2.45) is 0 Å². The number of hydrogen-bond donors (Lipinski definition) is 0. The van der Waals surface area contributed by atoms with Crippen LogP contribution in [0.25, 0.3) is 22.0 Å². The maximum atomic E-state index is 6.63. The van der Waals surface area contributed by atoms with Crippen molar-refractivity contribution in [3.05, 3.63) is 96.7 Å². The van der Waals surface area contributed by atoms with E-state index in [-0.39, 0.29) is 6.71 Å². The number of ether oxygens (including phenoxy) is 2. The van der Waals surface area contributed by atoms with Gasteiger partial charge in [-0.25, -0.2) is 0 Å². The van der Waals surface area contributed by atoms with Gasteiger partial charge in [-0.1, -0.05) is 54.6 Å². The molecule has 5 aromatic rings. The number of nitrogens with zero attached hydrogens (tertiary/aromatic N) is 1. The van der Waals surface area contributed by atoms with Gasteiger partial charge >= 0.3 is 0 Å². The van der Waals surface area contributed by atoms with Crippen LogP contribution in [0.4, 0.5) is 0 Å². The molecule has 0 saturated carbocycles. The van der Waals surface area contributed by atoms with Gasteiger partial charge in [-0.2, -0.15) is 0 Å². The van der Waals surface area contributed by atoms with Gasteiger partial charge in [-0.05, 0) is 59.1 Å². The van der Waals surface area contributed by atoms with Gasteiger partial charge in [0.15, 0.2) is 0 Å². The smallest absolute Gasteiger partial charge is 0.260 e. The van der Waals surface area contributed by atoms with Crippen LogP contribution in [-0.4, -0.2) is 11.7 Å². The quantitative estimate of drug-likeness (QED) is 0.359. The van der Waals surface area contributed by atoms with E-state index in [0.717, 1.165) is 45.1 Å². The lowest BCUT2D eigenvalue weighted by molar-refractivity contribution is 0.467. The van der Waals surface area contributed by atoms with Gasteiger partial charge in [-0.3, -0.25) is 4.98 Å². The van der Waals surface area contributed by atoms with E-state index in [1.54, 1.807) is 0 Å². The fraction of sp³-hybridized carbons (Fsp3) is 0.0357. The first-order valence-electron chi connectivity index (χ1n) is 10.8. The van der Waals surface area contributed by atoms with Crippen LogP contribution in [0, 0.1) is 6.92 Å². The third kappa shape index (κ3) is 2.47. The van der Waals surface area contributed by atoms with Gasteiger partial charge in [0.05, 0.1) is 5.69 Å². The number of rotatable bonds is 1. The zero-order valence-corrected chi connectivity index (χ0v) is 17.5. The maximum Gasteiger partial charge on any atom is 0.260 e. The van der Waals surface area contributed by atoms with Gasteiger partial charge in [0.2, 0.25) is 0 Å². The molecule has 32 heavy (non-hydrogen) atoms. The number of benzene rings is 4. The molecule has 3 heterocycles. The summed E-state index contributed by atoms with van der Waals surface area (Å²) < 4.78 is 13.1. The monoisotopic (exact) mass is 411 g/mol. The second-order valence-corrected chi connectivity index (χ2v) is 8.48. The second-order valence-electron chi connectivity index (χ2n) is 8.48. The Morgan fingerprint density at radius 3 is 2.41 bits per heavy atom. The average molecular weight is 411 g/mol. The van der Waals surface area contributed by atoms with E-state index in [2.05, 4.69) is 78.6 Å². The van der Waals surface area contributed by atoms with E-state index in [1.165, 1.54) is 21.9 Å². The minimum Gasteiger partial charge on any atom is -0.458 e. The molecule has 4 aromatic carbocycles. The molecule has 150 valence electrons. The molecular formula is C28H18BNO2. The lowest BCUT2D eigenvalue weighted by Crippen LogP contribution is -2.57. The highest BCUT2D eigenvalue weighted by Gasteiger charge is 2.41. The van der Waals surface area contributed by atoms with Crippen molar-refractivity contribution in [2.75, 3.05) is 0 Å². The molecule has 0 spiro atoms. The molecule has 0 aliphatic carbocycles. The number of hydrogen-bond acceptors (Lipinski definition) is 3. The third-order valence-corrected chi connectivity index (χ3v) is 6.49. The standard InChI is InChI=1S/C28H18BNO2/c1-17-9-11-21-24(14-17)31-25-15-19(23-8-4-5-13-30-23)16-26-27(25)29(21)22-12-10-18-6-2-3-7-20(18)28(22)32-26/h2-16H,1H3. The third-order valence-electron chi connectivity index (χ3n) is 6.49. The zero-order valence-electron chi connectivity index (χ0n) is 17.5. The summed E-state index contributed by atoms with van der Waals surface area (Å²) in [6.07, 6.45) is 1.81. The summed E-state index contributed by atoms with van der Waals surface area (Å²) >= 11 is 0. The Labute approximate surface area is 186 Å². The van der Waals surface area contributed by atoms with Crippen LogP contribution < -0.4 is 25.9 Å². The molecule has 3 nitrogen and oxygen atoms in total. The highest BCUT2D eigenvalue weighted by atomic mass is 16.5. The van der Waals surface area contributed by atoms with Gasteiger partial charge in [0.1, 0.15) is 23.0 Å². The van der Waals surface area contributed by atoms with E-state index in [4.69, 9.17) is 9.47 Å². The fourth-order valence-electron chi connectivity index (χ4n) is 5.01. The number of fused-ring (bicyclic) bond motifs is 6. The Morgan fingerprint density at radius 2 is 1.53 bits per heavy atom. The Morgan fingerprint density at radius 1 is 0.719 bits per heavy atom. The fourth-order valence-corrected chi connectivity index (χ4v) is 5.01. The SMILES string of the molecule is Cc1ccc2c(c1)Oc1cc(-c3ccccn3)cc3c1B2c1ccc2ccccc2c1O3. The Balaban J connectivity index is 1.55. The van der Waals surface area contributed by atoms with E-state index in [1.807, 2.05) is 24.4 Å². The van der Waals surface area contributed by atoms with Crippen LogP contribution in [0.15, 0.2) is 91.1 Å². The first kappa shape index (κ1) is 17.6. The highest BCUT2D eigenvalue weighted by Crippen LogP contribution is 2.40. The van der Waals surface area contributed by atoms with Crippen LogP contribution in [-0.2, 0) is 0 Å². The molecule has 0 unspecified atom stereocenters. The van der Waals surface area contributed by atoms with Gasteiger partial charge < -0.3 is 9.47 Å². The Bertz CT molecular complexity index is 1540. The van der Waals surface area contributed by atoms with Crippen LogP contribution in [0.2, 0.25) is 0 Å². The predicted molar refractivity (Wildman–Crippen MR) is 130 cm³/mol. The summed E-state index contributed by atoms with van der Waals surface area (Å²) in [5.74, 6) is 3.51. The van der Waals surface area contributed by atoms with E-state index >= 15 is 0 Å². The lowest BCUT2D eigenvalue weighted by atomic mass is 9.34. The molecule has 0 bridgehead atoms. The second kappa shape index (κ2) is 6.48. The summed E-state index contributed by atoms with van der Waals surface area (Å²) in [5.41, 5.74) is 6.50. The van der Waals surface area contributed by atoms with Gasteiger partial charge in [0.25, 0.3) is 6.71 Å². The Hall–Kier alpha value is -4.05. The summed E-state index contributed by atoms with van der Waals surface area (Å²) in [6.45, 7) is 2.16. The van der Waals surface area contributed by atoms with Crippen molar-refractivity contribution in [3.63, 3.8) is 0 Å².